The molecule has 3 rings (SSSR count). The fourth-order valence-corrected chi connectivity index (χ4v) is 4.53. The number of nitrogens with one attached hydrogen (secondary N) is 1. The average molecular weight is 335 g/mol. The van der Waals surface area contributed by atoms with Crippen LogP contribution < -0.4 is 5.32 Å². The highest BCUT2D eigenvalue weighted by Crippen LogP contribution is 2.55. The molecule has 116 valence electrons. The third-order valence-electron chi connectivity index (χ3n) is 3.32. The van der Waals surface area contributed by atoms with E-state index in [9.17, 15) is 10.1 Å². The third kappa shape index (κ3) is 3.15. The standard InChI is InChI=1S/C11H15ClN4O4S/c12-21(4-1-13-8-21)9-15-7-11(19-2-3-20-11)6-14-10(15)5-16(17)18/h1,4-5,8,14H,2-3,6-7,9H2/b10-5+. The van der Waals surface area contributed by atoms with Crippen LogP contribution in [0.4, 0.5) is 0 Å². The van der Waals surface area contributed by atoms with Crippen LogP contribution in [0.3, 0.4) is 0 Å². The Morgan fingerprint density at radius 2 is 2.38 bits per heavy atom. The molecule has 0 aliphatic carbocycles. The number of halogens is 1. The predicted octanol–water partition coefficient (Wildman–Crippen LogP) is 1.14. The molecule has 8 nitrogen and oxygen atoms in total. The molecule has 0 radical (unpaired) electrons. The summed E-state index contributed by atoms with van der Waals surface area (Å²) in [5, 5.41) is 15.6. The maximum absolute atomic E-state index is 10.8. The van der Waals surface area contributed by atoms with Crippen molar-refractivity contribution in [3.05, 3.63) is 33.7 Å². The van der Waals surface area contributed by atoms with E-state index in [0.29, 0.717) is 38.0 Å². The first-order valence-corrected chi connectivity index (χ1v) is 9.08. The van der Waals surface area contributed by atoms with Gasteiger partial charge in [0.1, 0.15) is 0 Å². The zero-order chi connectivity index (χ0) is 14.9. The van der Waals surface area contributed by atoms with Crippen LogP contribution in [0.2, 0.25) is 0 Å². The molecule has 1 N–H and O–H groups in total. The highest BCUT2D eigenvalue weighted by Gasteiger charge is 2.44. The first-order chi connectivity index (χ1) is 10.0. The fraction of sp³-hybridized carbons (Fsp3) is 0.545. The number of nitrogens with zero attached hydrogens (tertiary/aromatic N) is 3. The van der Waals surface area contributed by atoms with Crippen molar-refractivity contribution in [3.63, 3.8) is 0 Å². The topological polar surface area (TPSA) is 89.2 Å². The van der Waals surface area contributed by atoms with Gasteiger partial charge in [0, 0.05) is 6.20 Å². The molecule has 3 heterocycles. The molecule has 21 heavy (non-hydrogen) atoms. The Balaban J connectivity index is 1.81. The molecule has 1 unspecified atom stereocenters. The smallest absolute Gasteiger partial charge is 0.274 e. The summed E-state index contributed by atoms with van der Waals surface area (Å²) >= 11 is 0. The van der Waals surface area contributed by atoms with Crippen LogP contribution in [-0.4, -0.2) is 53.3 Å². The Morgan fingerprint density at radius 3 is 3.00 bits per heavy atom. The van der Waals surface area contributed by atoms with Gasteiger partial charge in [-0.1, -0.05) is 19.9 Å². The minimum Gasteiger partial charge on any atom is -0.361 e. The molecule has 2 fully saturated rings. The largest absolute Gasteiger partial charge is 0.361 e. The van der Waals surface area contributed by atoms with Gasteiger partial charge in [0.15, 0.2) is 5.82 Å². The van der Waals surface area contributed by atoms with Crippen molar-refractivity contribution in [2.45, 2.75) is 5.79 Å². The summed E-state index contributed by atoms with van der Waals surface area (Å²) in [5.41, 5.74) is 1.69. The highest BCUT2D eigenvalue weighted by atomic mass is 35.7. The molecule has 0 aromatic carbocycles. The van der Waals surface area contributed by atoms with Crippen molar-refractivity contribution < 1.29 is 14.4 Å². The van der Waals surface area contributed by atoms with E-state index in [2.05, 4.69) is 10.3 Å². The Hall–Kier alpha value is -1.29. The second kappa shape index (κ2) is 5.48. The second-order valence-corrected chi connectivity index (χ2v) is 8.86. The summed E-state index contributed by atoms with van der Waals surface area (Å²) in [7, 11) is 4.79. The van der Waals surface area contributed by atoms with E-state index >= 15 is 0 Å². The molecule has 3 aliphatic heterocycles. The van der Waals surface area contributed by atoms with E-state index < -0.39 is 20.0 Å². The molecule has 0 aromatic rings. The van der Waals surface area contributed by atoms with Gasteiger partial charge >= 0.3 is 0 Å². The van der Waals surface area contributed by atoms with E-state index in [1.807, 2.05) is 5.41 Å². The van der Waals surface area contributed by atoms with Gasteiger partial charge in [-0.2, -0.15) is 0 Å². The minimum absolute atomic E-state index is 0.373. The molecular weight excluding hydrogens is 320 g/mol. The van der Waals surface area contributed by atoms with Gasteiger partial charge in [0.25, 0.3) is 6.20 Å². The van der Waals surface area contributed by atoms with E-state index in [1.165, 1.54) is 0 Å². The van der Waals surface area contributed by atoms with Crippen molar-refractivity contribution in [1.29, 1.82) is 0 Å². The summed E-state index contributed by atoms with van der Waals surface area (Å²) in [5.74, 6) is 0.0569. The summed E-state index contributed by atoms with van der Waals surface area (Å²) in [6.45, 7) is 1.80. The molecular formula is C11H15ClN4O4S. The van der Waals surface area contributed by atoms with Gasteiger partial charge in [-0.15, -0.1) is 0 Å². The number of rotatable bonds is 3. The second-order valence-electron chi connectivity index (χ2n) is 4.88. The van der Waals surface area contributed by atoms with Crippen molar-refractivity contribution in [2.24, 2.45) is 4.99 Å². The van der Waals surface area contributed by atoms with Gasteiger partial charge in [-0.25, -0.2) is 0 Å². The average Bonchev–Trinajstić information content (AvgIpc) is 3.03. The summed E-state index contributed by atoms with van der Waals surface area (Å²) in [6.07, 6.45) is 2.59. The lowest BCUT2D eigenvalue weighted by Gasteiger charge is -2.43. The zero-order valence-electron chi connectivity index (χ0n) is 11.1. The summed E-state index contributed by atoms with van der Waals surface area (Å²) in [6, 6.07) is 0. The maximum atomic E-state index is 10.8. The Morgan fingerprint density at radius 1 is 1.62 bits per heavy atom. The molecule has 0 amide bonds. The Kier molecular flexibility index (Phi) is 3.82. The predicted molar refractivity (Wildman–Crippen MR) is 80.4 cm³/mol. The SMILES string of the molecule is O=[N+]([O-])/C=C1\NCC2(CN1CS1(Cl)C=CN=C1)OCCO2. The van der Waals surface area contributed by atoms with Crippen LogP contribution in [0.15, 0.2) is 28.6 Å². The maximum Gasteiger partial charge on any atom is 0.274 e. The highest BCUT2D eigenvalue weighted by molar-refractivity contribution is 8.62. The lowest BCUT2D eigenvalue weighted by Crippen LogP contribution is -2.57. The van der Waals surface area contributed by atoms with Crippen LogP contribution in [-0.2, 0) is 9.47 Å². The van der Waals surface area contributed by atoms with Crippen LogP contribution in [0, 0.1) is 10.1 Å². The summed E-state index contributed by atoms with van der Waals surface area (Å²) in [4.78, 5) is 16.1. The molecule has 0 bridgehead atoms. The number of aliphatic imine (C=N–C) groups is 1. The Bertz CT molecular complexity index is 520. The first-order valence-electron chi connectivity index (χ1n) is 6.33. The van der Waals surface area contributed by atoms with Crippen LogP contribution in [0.1, 0.15) is 0 Å². The van der Waals surface area contributed by atoms with Crippen molar-refractivity contribution in [3.8, 4) is 0 Å². The third-order valence-corrected chi connectivity index (χ3v) is 5.91. The Labute approximate surface area is 127 Å². The first kappa shape index (κ1) is 14.6. The monoisotopic (exact) mass is 334 g/mol. The molecule has 1 spiro atoms. The quantitative estimate of drug-likeness (QED) is 0.615. The molecule has 0 saturated carbocycles. The number of nitro groups is 1. The number of hydrogen-bond acceptors (Lipinski definition) is 7. The summed E-state index contributed by atoms with van der Waals surface area (Å²) < 4.78 is 11.3. The van der Waals surface area contributed by atoms with Crippen molar-refractivity contribution >= 4 is 25.5 Å². The molecule has 1 atom stereocenters. The van der Waals surface area contributed by atoms with Gasteiger partial charge in [-0.3, -0.25) is 15.1 Å². The molecule has 0 aromatic heterocycles. The van der Waals surface area contributed by atoms with E-state index in [0.717, 1.165) is 6.20 Å². The van der Waals surface area contributed by atoms with E-state index in [1.54, 1.807) is 16.6 Å². The van der Waals surface area contributed by atoms with Crippen LogP contribution in [0.5, 0.6) is 0 Å². The van der Waals surface area contributed by atoms with Crippen LogP contribution >= 0.6 is 19.9 Å². The van der Waals surface area contributed by atoms with Gasteiger partial charge in [0.05, 0.1) is 42.7 Å². The van der Waals surface area contributed by atoms with Crippen LogP contribution in [0.25, 0.3) is 0 Å². The van der Waals surface area contributed by atoms with Gasteiger partial charge in [-0.05, 0) is 5.41 Å². The molecule has 10 heteroatoms. The van der Waals surface area contributed by atoms with E-state index in [-0.39, 0.29) is 0 Å². The van der Waals surface area contributed by atoms with Crippen molar-refractivity contribution in [1.82, 2.24) is 10.2 Å². The lowest BCUT2D eigenvalue weighted by molar-refractivity contribution is -0.405. The van der Waals surface area contributed by atoms with E-state index in [4.69, 9.17) is 20.2 Å². The zero-order valence-corrected chi connectivity index (χ0v) is 12.7. The minimum atomic E-state index is -1.71. The number of hydrogen-bond donors (Lipinski definition) is 1. The fourth-order valence-electron chi connectivity index (χ4n) is 2.42. The molecule has 3 aliphatic rings. The van der Waals surface area contributed by atoms with Crippen molar-refractivity contribution in [2.75, 3.05) is 32.2 Å². The number of ether oxygens (including phenoxy) is 2. The van der Waals surface area contributed by atoms with Gasteiger partial charge in [0.2, 0.25) is 5.79 Å². The molecule has 2 saturated heterocycles. The normalized spacial score (nSPS) is 35.1. The van der Waals surface area contributed by atoms with Gasteiger partial charge < -0.3 is 19.7 Å². The lowest BCUT2D eigenvalue weighted by atomic mass is 10.2.